The highest BCUT2D eigenvalue weighted by atomic mass is 16.4. The third kappa shape index (κ3) is 3.46. The third-order valence-electron chi connectivity index (χ3n) is 3.35. The number of aryl methyl sites for hydroxylation is 1. The molecule has 0 aliphatic heterocycles. The minimum Gasteiger partial charge on any atom is -0.481 e. The molecule has 0 spiro atoms. The van der Waals surface area contributed by atoms with Gasteiger partial charge < -0.3 is 15.7 Å². The molecule has 7 heteroatoms. The van der Waals surface area contributed by atoms with Gasteiger partial charge in [0.2, 0.25) is 0 Å². The van der Waals surface area contributed by atoms with E-state index < -0.39 is 11.4 Å². The number of carboxylic acids is 1. The van der Waals surface area contributed by atoms with Crippen molar-refractivity contribution in [2.75, 3.05) is 13.1 Å². The number of nitrogens with zero attached hydrogens (tertiary/aromatic N) is 2. The number of carboxylic acid groups (broad SMARTS) is 1. The summed E-state index contributed by atoms with van der Waals surface area (Å²) in [5.41, 5.74) is 0.327. The van der Waals surface area contributed by atoms with Crippen LogP contribution in [0.1, 0.15) is 18.4 Å². The average Bonchev–Trinajstić information content (AvgIpc) is 3.05. The lowest BCUT2D eigenvalue weighted by Crippen LogP contribution is -2.41. The van der Waals surface area contributed by atoms with Gasteiger partial charge in [0.05, 0.1) is 11.6 Å². The predicted molar refractivity (Wildman–Crippen MR) is 67.6 cm³/mol. The van der Waals surface area contributed by atoms with Gasteiger partial charge in [0, 0.05) is 26.3 Å². The molecule has 2 amide bonds. The van der Waals surface area contributed by atoms with E-state index in [9.17, 15) is 9.59 Å². The van der Waals surface area contributed by atoms with Crippen LogP contribution in [-0.2, 0) is 18.3 Å². The summed E-state index contributed by atoms with van der Waals surface area (Å²) in [4.78, 5) is 22.4. The minimum atomic E-state index is -0.830. The van der Waals surface area contributed by atoms with Gasteiger partial charge in [-0.3, -0.25) is 9.48 Å². The van der Waals surface area contributed by atoms with E-state index in [0.29, 0.717) is 25.8 Å². The Balaban J connectivity index is 1.64. The summed E-state index contributed by atoms with van der Waals surface area (Å²) in [7, 11) is 1.84. The fourth-order valence-electron chi connectivity index (χ4n) is 1.85. The zero-order valence-corrected chi connectivity index (χ0v) is 10.8. The first-order valence-corrected chi connectivity index (χ1v) is 6.24. The van der Waals surface area contributed by atoms with Gasteiger partial charge in [-0.05, 0) is 24.8 Å². The molecule has 0 atom stereocenters. The van der Waals surface area contributed by atoms with Crippen LogP contribution in [-0.4, -0.2) is 40.0 Å². The number of carbonyl (C=O) groups excluding carboxylic acids is 1. The minimum absolute atomic E-state index is 0.195. The Bertz CT molecular complexity index is 479. The molecule has 1 aliphatic rings. The van der Waals surface area contributed by atoms with Gasteiger partial charge in [-0.25, -0.2) is 4.79 Å². The molecule has 3 N–H and O–H groups in total. The number of hydrogen-bond donors (Lipinski definition) is 3. The summed E-state index contributed by atoms with van der Waals surface area (Å²) in [5.74, 6) is -0.830. The quantitative estimate of drug-likeness (QED) is 0.681. The van der Waals surface area contributed by atoms with Gasteiger partial charge in [-0.1, -0.05) is 0 Å². The van der Waals surface area contributed by atoms with Crippen LogP contribution in [0.4, 0.5) is 4.79 Å². The lowest BCUT2D eigenvalue weighted by Gasteiger charge is -2.11. The van der Waals surface area contributed by atoms with E-state index >= 15 is 0 Å². The first kappa shape index (κ1) is 13.4. The summed E-state index contributed by atoms with van der Waals surface area (Å²) in [6.07, 6.45) is 5.62. The first-order valence-electron chi connectivity index (χ1n) is 6.24. The van der Waals surface area contributed by atoms with Crippen LogP contribution in [0, 0.1) is 5.41 Å². The number of amides is 2. The molecule has 19 heavy (non-hydrogen) atoms. The van der Waals surface area contributed by atoms with Crippen LogP contribution in [0.15, 0.2) is 12.4 Å². The number of aliphatic carboxylic acids is 1. The number of carbonyl (C=O) groups is 2. The van der Waals surface area contributed by atoms with Gasteiger partial charge >= 0.3 is 12.0 Å². The summed E-state index contributed by atoms with van der Waals surface area (Å²) in [6.45, 7) is 0.693. The van der Waals surface area contributed by atoms with Crippen molar-refractivity contribution in [3.63, 3.8) is 0 Å². The van der Waals surface area contributed by atoms with Gasteiger partial charge in [-0.2, -0.15) is 5.10 Å². The highest BCUT2D eigenvalue weighted by Gasteiger charge is 2.50. The van der Waals surface area contributed by atoms with Crippen molar-refractivity contribution in [1.29, 1.82) is 0 Å². The highest BCUT2D eigenvalue weighted by Crippen LogP contribution is 2.45. The Morgan fingerprint density at radius 2 is 2.21 bits per heavy atom. The fourth-order valence-corrected chi connectivity index (χ4v) is 1.85. The Labute approximate surface area is 111 Å². The van der Waals surface area contributed by atoms with E-state index in [4.69, 9.17) is 5.11 Å². The summed E-state index contributed by atoms with van der Waals surface area (Å²) < 4.78 is 1.71. The molecule has 1 saturated carbocycles. The van der Waals surface area contributed by atoms with Gasteiger partial charge in [0.1, 0.15) is 0 Å². The van der Waals surface area contributed by atoms with Crippen LogP contribution >= 0.6 is 0 Å². The van der Waals surface area contributed by atoms with Crippen LogP contribution in [0.25, 0.3) is 0 Å². The highest BCUT2D eigenvalue weighted by molar-refractivity contribution is 5.80. The number of aromatic nitrogens is 2. The molecule has 7 nitrogen and oxygen atoms in total. The molecule has 1 aromatic heterocycles. The summed E-state index contributed by atoms with van der Waals surface area (Å²) in [6, 6.07) is -0.323. The molecule has 1 fully saturated rings. The molecule has 0 aromatic carbocycles. The van der Waals surface area contributed by atoms with Crippen molar-refractivity contribution >= 4 is 12.0 Å². The van der Waals surface area contributed by atoms with Gasteiger partial charge in [0.15, 0.2) is 0 Å². The predicted octanol–water partition coefficient (Wildman–Crippen LogP) is 0.127. The Morgan fingerprint density at radius 1 is 1.47 bits per heavy atom. The molecule has 1 heterocycles. The van der Waals surface area contributed by atoms with Crippen molar-refractivity contribution in [1.82, 2.24) is 20.4 Å². The Kier molecular flexibility index (Phi) is 3.73. The second-order valence-corrected chi connectivity index (χ2v) is 4.97. The van der Waals surface area contributed by atoms with E-state index in [1.165, 1.54) is 0 Å². The Morgan fingerprint density at radius 3 is 2.74 bits per heavy atom. The topological polar surface area (TPSA) is 96.2 Å². The van der Waals surface area contributed by atoms with E-state index in [1.807, 2.05) is 13.2 Å². The van der Waals surface area contributed by atoms with Crippen LogP contribution in [0.2, 0.25) is 0 Å². The number of hydrogen-bond acceptors (Lipinski definition) is 3. The maximum absolute atomic E-state index is 11.5. The van der Waals surface area contributed by atoms with Crippen molar-refractivity contribution in [3.8, 4) is 0 Å². The fraction of sp³-hybridized carbons (Fsp3) is 0.583. The average molecular weight is 266 g/mol. The SMILES string of the molecule is Cn1cc(CCNC(=O)NCC2(C(=O)O)CC2)cn1. The van der Waals surface area contributed by atoms with E-state index in [1.54, 1.807) is 10.9 Å². The maximum atomic E-state index is 11.5. The molecule has 1 aromatic rings. The normalized spacial score (nSPS) is 15.8. The molecular weight excluding hydrogens is 248 g/mol. The van der Waals surface area contributed by atoms with Crippen molar-refractivity contribution < 1.29 is 14.7 Å². The summed E-state index contributed by atoms with van der Waals surface area (Å²) >= 11 is 0. The van der Waals surface area contributed by atoms with E-state index in [0.717, 1.165) is 5.56 Å². The maximum Gasteiger partial charge on any atom is 0.314 e. The molecule has 1 aliphatic carbocycles. The number of nitrogens with one attached hydrogen (secondary N) is 2. The van der Waals surface area contributed by atoms with Crippen LogP contribution < -0.4 is 10.6 Å². The smallest absolute Gasteiger partial charge is 0.314 e. The number of rotatable bonds is 6. The van der Waals surface area contributed by atoms with E-state index in [-0.39, 0.29) is 12.6 Å². The van der Waals surface area contributed by atoms with Crippen LogP contribution in [0.3, 0.4) is 0 Å². The molecule has 104 valence electrons. The standard InChI is InChI=1S/C12H18N4O3/c1-16-7-9(6-15-16)2-5-13-11(19)14-8-12(3-4-12)10(17)18/h6-7H,2-5,8H2,1H3,(H,17,18)(H2,13,14,19). The van der Waals surface area contributed by atoms with Crippen molar-refractivity contribution in [3.05, 3.63) is 18.0 Å². The molecular formula is C12H18N4O3. The molecule has 0 bridgehead atoms. The second-order valence-electron chi connectivity index (χ2n) is 4.97. The van der Waals surface area contributed by atoms with Crippen LogP contribution in [0.5, 0.6) is 0 Å². The Hall–Kier alpha value is -2.05. The first-order chi connectivity index (χ1) is 9.02. The molecule has 0 unspecified atom stereocenters. The number of urea groups is 1. The molecule has 0 saturated heterocycles. The molecule has 0 radical (unpaired) electrons. The zero-order chi connectivity index (χ0) is 13.9. The monoisotopic (exact) mass is 266 g/mol. The molecule has 2 rings (SSSR count). The van der Waals surface area contributed by atoms with Gasteiger partial charge in [-0.15, -0.1) is 0 Å². The van der Waals surface area contributed by atoms with Crippen molar-refractivity contribution in [2.45, 2.75) is 19.3 Å². The summed E-state index contributed by atoms with van der Waals surface area (Å²) in [5, 5.41) is 18.3. The lowest BCUT2D eigenvalue weighted by atomic mass is 10.1. The largest absolute Gasteiger partial charge is 0.481 e. The lowest BCUT2D eigenvalue weighted by molar-refractivity contribution is -0.143. The van der Waals surface area contributed by atoms with E-state index in [2.05, 4.69) is 15.7 Å². The van der Waals surface area contributed by atoms with Crippen molar-refractivity contribution in [2.24, 2.45) is 12.5 Å². The second kappa shape index (κ2) is 5.29. The zero-order valence-electron chi connectivity index (χ0n) is 10.8. The van der Waals surface area contributed by atoms with Gasteiger partial charge in [0.25, 0.3) is 0 Å². The third-order valence-corrected chi connectivity index (χ3v) is 3.35.